The molecule has 0 aromatic heterocycles. The predicted octanol–water partition coefficient (Wildman–Crippen LogP) is 2.65. The zero-order valence-electron chi connectivity index (χ0n) is 12.0. The van der Waals surface area contributed by atoms with Crippen molar-refractivity contribution in [1.82, 2.24) is 4.90 Å². The lowest BCUT2D eigenvalue weighted by Gasteiger charge is -2.35. The SMILES string of the molecule is CC1CC(Nc2cccc(N(C)C)c2)CCN1C. The third-order valence-corrected chi connectivity index (χ3v) is 3.94. The maximum atomic E-state index is 3.67. The summed E-state index contributed by atoms with van der Waals surface area (Å²) in [4.78, 5) is 4.58. The van der Waals surface area contributed by atoms with Crippen LogP contribution in [0.3, 0.4) is 0 Å². The minimum absolute atomic E-state index is 0.605. The number of nitrogens with zero attached hydrogens (tertiary/aromatic N) is 2. The molecular weight excluding hydrogens is 222 g/mol. The van der Waals surface area contributed by atoms with Crippen LogP contribution in [-0.4, -0.2) is 44.7 Å². The largest absolute Gasteiger partial charge is 0.382 e. The maximum absolute atomic E-state index is 3.67. The molecular formula is C15H25N3. The number of nitrogens with one attached hydrogen (secondary N) is 1. The highest BCUT2D eigenvalue weighted by atomic mass is 15.1. The Kier molecular flexibility index (Phi) is 4.12. The Balaban J connectivity index is 1.99. The fraction of sp³-hybridized carbons (Fsp3) is 0.600. The molecule has 0 bridgehead atoms. The molecule has 3 heteroatoms. The van der Waals surface area contributed by atoms with Crippen molar-refractivity contribution in [2.24, 2.45) is 0 Å². The van der Waals surface area contributed by atoms with Crippen LogP contribution in [0.25, 0.3) is 0 Å². The maximum Gasteiger partial charge on any atom is 0.0381 e. The molecule has 1 aliphatic heterocycles. The van der Waals surface area contributed by atoms with Crippen molar-refractivity contribution in [2.45, 2.75) is 31.8 Å². The molecule has 100 valence electrons. The molecule has 0 amide bonds. The third-order valence-electron chi connectivity index (χ3n) is 3.94. The average Bonchev–Trinajstić information content (AvgIpc) is 2.34. The molecule has 0 spiro atoms. The molecule has 0 aliphatic carbocycles. The van der Waals surface area contributed by atoms with E-state index in [1.54, 1.807) is 0 Å². The van der Waals surface area contributed by atoms with Crippen LogP contribution in [0.5, 0.6) is 0 Å². The number of rotatable bonds is 3. The number of piperidine rings is 1. The summed E-state index contributed by atoms with van der Waals surface area (Å²) in [7, 11) is 6.38. The van der Waals surface area contributed by atoms with Crippen molar-refractivity contribution in [3.8, 4) is 0 Å². The molecule has 1 heterocycles. The van der Waals surface area contributed by atoms with E-state index in [1.165, 1.54) is 30.8 Å². The molecule has 1 fully saturated rings. The van der Waals surface area contributed by atoms with E-state index >= 15 is 0 Å². The van der Waals surface area contributed by atoms with Crippen LogP contribution in [0.2, 0.25) is 0 Å². The summed E-state index contributed by atoms with van der Waals surface area (Å²) in [5.41, 5.74) is 2.49. The number of hydrogen-bond donors (Lipinski definition) is 1. The van der Waals surface area contributed by atoms with Gasteiger partial charge >= 0.3 is 0 Å². The molecule has 1 aliphatic rings. The van der Waals surface area contributed by atoms with E-state index in [9.17, 15) is 0 Å². The molecule has 2 rings (SSSR count). The topological polar surface area (TPSA) is 18.5 Å². The van der Waals surface area contributed by atoms with Gasteiger partial charge in [-0.05, 0) is 45.0 Å². The van der Waals surface area contributed by atoms with E-state index < -0.39 is 0 Å². The van der Waals surface area contributed by atoms with Crippen LogP contribution in [-0.2, 0) is 0 Å². The number of hydrogen-bond acceptors (Lipinski definition) is 3. The standard InChI is InChI=1S/C15H25N3/c1-12-10-14(8-9-18(12)4)16-13-6-5-7-15(11-13)17(2)3/h5-7,11-12,14,16H,8-10H2,1-4H3. The Morgan fingerprint density at radius 2 is 2.11 bits per heavy atom. The van der Waals surface area contributed by atoms with Crippen LogP contribution in [0, 0.1) is 0 Å². The van der Waals surface area contributed by atoms with Crippen molar-refractivity contribution in [3.63, 3.8) is 0 Å². The minimum atomic E-state index is 0.605. The molecule has 2 atom stereocenters. The highest BCUT2D eigenvalue weighted by Crippen LogP contribution is 2.22. The van der Waals surface area contributed by atoms with Gasteiger partial charge in [-0.3, -0.25) is 0 Å². The van der Waals surface area contributed by atoms with Gasteiger partial charge in [0.25, 0.3) is 0 Å². The first-order valence-corrected chi connectivity index (χ1v) is 6.80. The van der Waals surface area contributed by atoms with Crippen molar-refractivity contribution in [2.75, 3.05) is 37.9 Å². The Labute approximate surface area is 111 Å². The van der Waals surface area contributed by atoms with E-state index in [1.807, 2.05) is 0 Å². The van der Waals surface area contributed by atoms with Crippen molar-refractivity contribution >= 4 is 11.4 Å². The van der Waals surface area contributed by atoms with Gasteiger partial charge < -0.3 is 15.1 Å². The van der Waals surface area contributed by atoms with Gasteiger partial charge in [0.05, 0.1) is 0 Å². The average molecular weight is 247 g/mol. The normalized spacial score (nSPS) is 24.9. The first-order valence-electron chi connectivity index (χ1n) is 6.80. The summed E-state index contributed by atoms with van der Waals surface area (Å²) in [5, 5.41) is 3.67. The van der Waals surface area contributed by atoms with Crippen molar-refractivity contribution in [1.29, 1.82) is 0 Å². The summed E-state index contributed by atoms with van der Waals surface area (Å²) in [5.74, 6) is 0. The Morgan fingerprint density at radius 1 is 1.33 bits per heavy atom. The molecule has 2 unspecified atom stereocenters. The lowest BCUT2D eigenvalue weighted by Crippen LogP contribution is -2.42. The molecule has 18 heavy (non-hydrogen) atoms. The van der Waals surface area contributed by atoms with Crippen molar-refractivity contribution in [3.05, 3.63) is 24.3 Å². The third kappa shape index (κ3) is 3.16. The monoisotopic (exact) mass is 247 g/mol. The first kappa shape index (κ1) is 13.2. The van der Waals surface area contributed by atoms with E-state index in [4.69, 9.17) is 0 Å². The number of anilines is 2. The molecule has 1 saturated heterocycles. The fourth-order valence-electron chi connectivity index (χ4n) is 2.53. The lowest BCUT2D eigenvalue weighted by atomic mass is 9.98. The van der Waals surface area contributed by atoms with Gasteiger partial charge in [-0.1, -0.05) is 6.07 Å². The van der Waals surface area contributed by atoms with Gasteiger partial charge in [-0.2, -0.15) is 0 Å². The van der Waals surface area contributed by atoms with Gasteiger partial charge in [0, 0.05) is 44.1 Å². The summed E-state index contributed by atoms with van der Waals surface area (Å²) >= 11 is 0. The van der Waals surface area contributed by atoms with Crippen LogP contribution in [0.15, 0.2) is 24.3 Å². The predicted molar refractivity (Wildman–Crippen MR) is 79.5 cm³/mol. The summed E-state index contributed by atoms with van der Waals surface area (Å²) in [6.45, 7) is 3.50. The first-order chi connectivity index (χ1) is 8.56. The van der Waals surface area contributed by atoms with E-state index in [-0.39, 0.29) is 0 Å². The van der Waals surface area contributed by atoms with E-state index in [2.05, 4.69) is 67.4 Å². The fourth-order valence-corrected chi connectivity index (χ4v) is 2.53. The Hall–Kier alpha value is -1.22. The lowest BCUT2D eigenvalue weighted by molar-refractivity contribution is 0.190. The molecule has 1 aromatic rings. The zero-order valence-corrected chi connectivity index (χ0v) is 12.0. The Bertz CT molecular complexity index is 389. The number of benzene rings is 1. The Morgan fingerprint density at radius 3 is 2.78 bits per heavy atom. The zero-order chi connectivity index (χ0) is 13.1. The van der Waals surface area contributed by atoms with Crippen LogP contribution in [0.4, 0.5) is 11.4 Å². The van der Waals surface area contributed by atoms with Gasteiger partial charge in [-0.25, -0.2) is 0 Å². The summed E-state index contributed by atoms with van der Waals surface area (Å²) in [6, 6.07) is 9.93. The van der Waals surface area contributed by atoms with Gasteiger partial charge in [-0.15, -0.1) is 0 Å². The highest BCUT2D eigenvalue weighted by molar-refractivity contribution is 5.57. The van der Waals surface area contributed by atoms with Crippen molar-refractivity contribution < 1.29 is 0 Å². The second-order valence-electron chi connectivity index (χ2n) is 5.64. The van der Waals surface area contributed by atoms with Crippen LogP contribution < -0.4 is 10.2 Å². The van der Waals surface area contributed by atoms with Gasteiger partial charge in [0.15, 0.2) is 0 Å². The van der Waals surface area contributed by atoms with Crippen LogP contribution in [0.1, 0.15) is 19.8 Å². The molecule has 1 aromatic carbocycles. The quantitative estimate of drug-likeness (QED) is 0.886. The molecule has 0 saturated carbocycles. The minimum Gasteiger partial charge on any atom is -0.382 e. The molecule has 0 radical (unpaired) electrons. The summed E-state index contributed by atoms with van der Waals surface area (Å²) in [6.07, 6.45) is 2.45. The second kappa shape index (κ2) is 5.61. The molecule has 3 nitrogen and oxygen atoms in total. The second-order valence-corrected chi connectivity index (χ2v) is 5.64. The van der Waals surface area contributed by atoms with Gasteiger partial charge in [0.1, 0.15) is 0 Å². The van der Waals surface area contributed by atoms with E-state index in [0.717, 1.165) is 0 Å². The van der Waals surface area contributed by atoms with Gasteiger partial charge in [0.2, 0.25) is 0 Å². The van der Waals surface area contributed by atoms with E-state index in [0.29, 0.717) is 12.1 Å². The highest BCUT2D eigenvalue weighted by Gasteiger charge is 2.22. The smallest absolute Gasteiger partial charge is 0.0381 e. The summed E-state index contributed by atoms with van der Waals surface area (Å²) < 4.78 is 0. The molecule has 1 N–H and O–H groups in total. The van der Waals surface area contributed by atoms with Crippen LogP contribution >= 0.6 is 0 Å². The number of likely N-dealkylation sites (tertiary alicyclic amines) is 1.